The molecule has 6 rings (SSSR count). The number of nitrogens with two attached hydrogens (primary N) is 1. The Kier molecular flexibility index (Phi) is 32.0. The highest BCUT2D eigenvalue weighted by molar-refractivity contribution is 6.33. The number of ether oxygens (including phenoxy) is 4. The van der Waals surface area contributed by atoms with E-state index >= 15 is 0 Å². The van der Waals surface area contributed by atoms with E-state index in [1.54, 1.807) is 139 Å². The van der Waals surface area contributed by atoms with Gasteiger partial charge in [0, 0.05) is 31.3 Å². The van der Waals surface area contributed by atoms with E-state index in [0.29, 0.717) is 16.7 Å². The first-order valence-electron chi connectivity index (χ1n) is 30.8. The van der Waals surface area contributed by atoms with E-state index in [1.807, 2.05) is 24.3 Å². The first-order valence-corrected chi connectivity index (χ1v) is 30.8. The van der Waals surface area contributed by atoms with Gasteiger partial charge in [-0.1, -0.05) is 166 Å². The molecule has 0 aromatic heterocycles. The summed E-state index contributed by atoms with van der Waals surface area (Å²) in [4.78, 5) is 140. The Morgan fingerprint density at radius 1 is 0.434 bits per heavy atom. The molecule has 29 heteroatoms. The number of aliphatic imine (C=N–C) groups is 1. The van der Waals surface area contributed by atoms with Gasteiger partial charge in [0.2, 0.25) is 5.91 Å². The third kappa shape index (κ3) is 31.9. The third-order valence-electron chi connectivity index (χ3n) is 13.1. The number of amides is 8. The summed E-state index contributed by atoms with van der Waals surface area (Å²) in [5.41, 5.74) is 16.7. The van der Waals surface area contributed by atoms with Gasteiger partial charge in [0.05, 0.1) is 6.04 Å². The summed E-state index contributed by atoms with van der Waals surface area (Å²) in [6.07, 6.45) is -1.37. The van der Waals surface area contributed by atoms with Gasteiger partial charge in [0.25, 0.3) is 23.6 Å². The Morgan fingerprint density at radius 3 is 1.11 bits per heavy atom. The summed E-state index contributed by atoms with van der Waals surface area (Å²) in [5.74, 6) is -9.51. The maximum atomic E-state index is 13.2. The van der Waals surface area contributed by atoms with Crippen molar-refractivity contribution in [3.05, 3.63) is 203 Å². The van der Waals surface area contributed by atoms with Crippen molar-refractivity contribution in [2.75, 3.05) is 0 Å². The first kappa shape index (κ1) is 79.6. The lowest BCUT2D eigenvalue weighted by Crippen LogP contribution is -2.58. The number of carboxylic acids is 1. The number of rotatable bonds is 23. The number of esters is 2. The van der Waals surface area contributed by atoms with Gasteiger partial charge >= 0.3 is 35.8 Å². The van der Waals surface area contributed by atoms with Gasteiger partial charge < -0.3 is 66.4 Å². The molecule has 0 aliphatic rings. The normalized spacial score (nSPS) is 12.8. The SMILES string of the molecule is CC(C)(C)OC([O-])=N[C@@H](Cc1ccccc1)C(=O)O.C[C@H](N)C(=O)NNC(=O)[C@H](Cc1ccccc1)NC(=O)C(=O)OCc1ccc(O)cc1.C[C@H](NC(=O)[C@H](Cc1ccccc1)NC(=O)OC(C)(C)C)C(=O)NNC(=O)[C@H](Cc1ccccc1)NC(=O)C(=O)OCc1ccc(O)cc1. The lowest BCUT2D eigenvalue weighted by Gasteiger charge is -2.30. The van der Waals surface area contributed by atoms with Crippen LogP contribution in [0.25, 0.3) is 0 Å². The molecule has 0 heterocycles. The van der Waals surface area contributed by atoms with Crippen LogP contribution < -0.4 is 53.8 Å². The molecule has 0 radical (unpaired) electrons. The van der Waals surface area contributed by atoms with Crippen molar-refractivity contribution < 1.29 is 92.1 Å². The van der Waals surface area contributed by atoms with Crippen molar-refractivity contribution in [1.82, 2.24) is 43.0 Å². The fourth-order valence-electron chi connectivity index (χ4n) is 8.14. The lowest BCUT2D eigenvalue weighted by molar-refractivity contribution is -0.261. The number of hydrogen-bond donors (Lipinski definition) is 12. The molecular weight excluding hydrogens is 1280 g/mol. The number of alkyl carbamates (subject to hydrolysis) is 1. The zero-order valence-corrected chi connectivity index (χ0v) is 55.8. The third-order valence-corrected chi connectivity index (χ3v) is 13.1. The van der Waals surface area contributed by atoms with Crippen molar-refractivity contribution >= 4 is 71.4 Å². The van der Waals surface area contributed by atoms with Crippen LogP contribution in [-0.2, 0) is 106 Å². The van der Waals surface area contributed by atoms with E-state index in [2.05, 4.69) is 48.0 Å². The molecule has 13 N–H and O–H groups in total. The summed E-state index contributed by atoms with van der Waals surface area (Å²) in [5, 5.41) is 49.0. The fourth-order valence-corrected chi connectivity index (χ4v) is 8.14. The highest BCUT2D eigenvalue weighted by atomic mass is 16.6. The molecule has 29 nitrogen and oxygen atoms in total. The van der Waals surface area contributed by atoms with Gasteiger partial charge in [-0.3, -0.25) is 60.3 Å². The molecule has 6 aromatic rings. The second kappa shape index (κ2) is 39.9. The van der Waals surface area contributed by atoms with Crippen LogP contribution in [0.2, 0.25) is 0 Å². The van der Waals surface area contributed by atoms with Gasteiger partial charge in [-0.15, -0.1) is 0 Å². The van der Waals surface area contributed by atoms with Crippen molar-refractivity contribution in [2.24, 2.45) is 10.7 Å². The Morgan fingerprint density at radius 2 is 0.768 bits per heavy atom. The van der Waals surface area contributed by atoms with E-state index in [4.69, 9.17) is 29.8 Å². The fraction of sp³-hybridized carbons (Fsp3) is 0.314. The molecule has 0 saturated heterocycles. The molecule has 8 amide bonds. The van der Waals surface area contributed by atoms with Crippen molar-refractivity contribution in [3.63, 3.8) is 0 Å². The monoisotopic (exact) mass is 1370 g/mol. The Bertz CT molecular complexity index is 3670. The summed E-state index contributed by atoms with van der Waals surface area (Å²) in [7, 11) is 0. The van der Waals surface area contributed by atoms with E-state index in [9.17, 15) is 68.1 Å². The highest BCUT2D eigenvalue weighted by Crippen LogP contribution is 2.15. The van der Waals surface area contributed by atoms with Gasteiger partial charge in [0.15, 0.2) is 6.04 Å². The number of hydrazine groups is 2. The summed E-state index contributed by atoms with van der Waals surface area (Å²) < 4.78 is 20.2. The van der Waals surface area contributed by atoms with Crippen LogP contribution in [0.15, 0.2) is 175 Å². The number of aliphatic carboxylic acids is 1. The maximum Gasteiger partial charge on any atom is 0.408 e. The second-order valence-electron chi connectivity index (χ2n) is 23.9. The minimum atomic E-state index is -1.31. The predicted molar refractivity (Wildman–Crippen MR) is 357 cm³/mol. The topological polar surface area (TPSA) is 443 Å². The predicted octanol–water partition coefficient (Wildman–Crippen LogP) is 2.82. The molecule has 6 atom stereocenters. The number of benzene rings is 6. The largest absolute Gasteiger partial charge is 0.595 e. The Balaban J connectivity index is 0.000000353. The lowest BCUT2D eigenvalue weighted by atomic mass is 10.0. The molecule has 0 aliphatic carbocycles. The number of hydrogen-bond acceptors (Lipinski definition) is 20. The highest BCUT2D eigenvalue weighted by Gasteiger charge is 2.31. The van der Waals surface area contributed by atoms with E-state index in [-0.39, 0.29) is 50.4 Å². The minimum Gasteiger partial charge on any atom is -0.595 e. The van der Waals surface area contributed by atoms with Gasteiger partial charge in [-0.2, -0.15) is 0 Å². The molecule has 0 spiro atoms. The smallest absolute Gasteiger partial charge is 0.408 e. The number of nitrogens with zero attached hydrogens (tertiary/aromatic N) is 1. The molecule has 528 valence electrons. The minimum absolute atomic E-state index is 0.0221. The van der Waals surface area contributed by atoms with Crippen LogP contribution in [-0.4, -0.2) is 134 Å². The van der Waals surface area contributed by atoms with Crippen LogP contribution in [0.3, 0.4) is 0 Å². The quantitative estimate of drug-likeness (QED) is 0.0110. The number of nitrogens with one attached hydrogen (secondary N) is 8. The van der Waals surface area contributed by atoms with Crippen LogP contribution in [0.1, 0.15) is 88.8 Å². The van der Waals surface area contributed by atoms with Crippen LogP contribution in [0.5, 0.6) is 11.5 Å². The number of aromatic hydroxyl groups is 2. The van der Waals surface area contributed by atoms with E-state index in [1.165, 1.54) is 62.4 Å². The standard InChI is InChI=1S/C35H41N5O9.C21H24N4O6.C14H19NO4/c1-22(36-30(43)27(19-23-11-7-5-8-12-23)38-34(47)49-35(2,3)4)29(42)39-40-31(44)28(20-24-13-9-6-10-14-24)37-32(45)33(46)48-21-25-15-17-26(41)18-16-25;1-13(22)18(27)24-25-19(28)17(11-14-5-3-2-4-6-14)23-20(29)21(30)31-12-15-7-9-16(26)10-8-15;1-14(2,3)19-13(18)15-11(12(16)17)9-10-7-5-4-6-8-10/h5-18,22,27-28,41H,19-21H2,1-4H3,(H,36,43)(H,37,45)(H,38,47)(H,39,42)(H,40,44);2-10,13,17,26H,11-12,22H2,1H3,(H,23,29)(H,24,27)(H,25,28);4-8,11H,9H2,1-3H3,(H,15,18)(H,16,17)/p-1/t22-,27-,28-;13-,17-;11-/m000/s1. The number of carbonyl (C=O) groups is 11. The van der Waals surface area contributed by atoms with Gasteiger partial charge in [0.1, 0.15) is 60.6 Å². The number of carbonyl (C=O) groups excluding carboxylic acids is 10. The van der Waals surface area contributed by atoms with Crippen LogP contribution in [0, 0.1) is 0 Å². The zero-order chi connectivity index (χ0) is 73.2. The molecule has 6 aromatic carbocycles. The van der Waals surface area contributed by atoms with E-state index in [0.717, 1.165) is 16.7 Å². The molecular formula is C70H83N10O19-. The summed E-state index contributed by atoms with van der Waals surface area (Å²) in [6.45, 7) is 12.5. The number of carboxylic acid groups (broad SMARTS) is 1. The van der Waals surface area contributed by atoms with Crippen LogP contribution >= 0.6 is 0 Å². The number of phenolic OH excluding ortho intramolecular Hbond substituents is 2. The Labute approximate surface area is 571 Å². The number of phenols is 2. The average molecular weight is 1370 g/mol. The van der Waals surface area contributed by atoms with Gasteiger partial charge in [-0.05, 0) is 92.3 Å². The van der Waals surface area contributed by atoms with E-state index < -0.39 is 119 Å². The average Bonchev–Trinajstić information content (AvgIpc) is 0.960. The first-order chi connectivity index (χ1) is 46.7. The maximum absolute atomic E-state index is 13.2. The summed E-state index contributed by atoms with van der Waals surface area (Å²) in [6, 6.07) is 40.4. The second-order valence-corrected chi connectivity index (χ2v) is 23.9. The zero-order valence-electron chi connectivity index (χ0n) is 55.8. The van der Waals surface area contributed by atoms with Crippen molar-refractivity contribution in [1.29, 1.82) is 0 Å². The molecule has 0 bridgehead atoms. The van der Waals surface area contributed by atoms with Crippen LogP contribution in [0.4, 0.5) is 4.79 Å². The van der Waals surface area contributed by atoms with Crippen molar-refractivity contribution in [3.8, 4) is 11.5 Å². The van der Waals surface area contributed by atoms with Crippen molar-refractivity contribution in [2.45, 2.75) is 142 Å². The molecule has 0 saturated carbocycles. The summed E-state index contributed by atoms with van der Waals surface area (Å²) >= 11 is 0. The molecule has 0 fully saturated rings. The molecule has 0 unspecified atom stereocenters. The molecule has 99 heavy (non-hydrogen) atoms. The van der Waals surface area contributed by atoms with Gasteiger partial charge in [-0.25, -0.2) is 19.2 Å². The Hall–Kier alpha value is -11.9. The molecule has 0 aliphatic heterocycles.